The molecule has 25 heavy (non-hydrogen) atoms. The fraction of sp³-hybridized carbons (Fsp3) is 0.647. The van der Waals surface area contributed by atoms with Gasteiger partial charge in [-0.1, -0.05) is 0 Å². The lowest BCUT2D eigenvalue weighted by atomic mass is 9.84. The molecule has 3 rings (SSSR count). The Morgan fingerprint density at radius 1 is 1.36 bits per heavy atom. The predicted octanol–water partition coefficient (Wildman–Crippen LogP) is 1.97. The van der Waals surface area contributed by atoms with E-state index in [0.29, 0.717) is 17.4 Å². The highest BCUT2D eigenvalue weighted by atomic mass is 19.4. The molecule has 0 unspecified atom stereocenters. The number of fused-ring (bicyclic) bond motifs is 4. The number of alkyl halides is 3. The van der Waals surface area contributed by atoms with E-state index in [9.17, 15) is 22.8 Å². The molecule has 1 amide bonds. The number of hydrogen-bond acceptors (Lipinski definition) is 3. The molecule has 2 aliphatic heterocycles. The molecule has 138 valence electrons. The Balaban J connectivity index is 1.96. The monoisotopic (exact) mass is 357 g/mol. The van der Waals surface area contributed by atoms with Gasteiger partial charge in [0.05, 0.1) is 0 Å². The van der Waals surface area contributed by atoms with E-state index in [-0.39, 0.29) is 11.5 Å². The third-order valence-electron chi connectivity index (χ3n) is 4.97. The van der Waals surface area contributed by atoms with Crippen LogP contribution in [0.3, 0.4) is 0 Å². The Hall–Kier alpha value is -1.83. The minimum atomic E-state index is -4.51. The van der Waals surface area contributed by atoms with Crippen LogP contribution in [0.2, 0.25) is 0 Å². The van der Waals surface area contributed by atoms with E-state index < -0.39 is 30.2 Å². The van der Waals surface area contributed by atoms with Crippen molar-refractivity contribution in [2.24, 2.45) is 5.92 Å². The zero-order valence-electron chi connectivity index (χ0n) is 14.3. The van der Waals surface area contributed by atoms with Gasteiger partial charge in [-0.3, -0.25) is 9.59 Å². The van der Waals surface area contributed by atoms with Gasteiger partial charge in [0.25, 0.3) is 11.5 Å². The Bertz CT molecular complexity index is 727. The quantitative estimate of drug-likeness (QED) is 0.900. The maximum Gasteiger partial charge on any atom is 0.406 e. The highest BCUT2D eigenvalue weighted by Gasteiger charge is 2.37. The van der Waals surface area contributed by atoms with Crippen LogP contribution in [-0.2, 0) is 6.54 Å². The maximum atomic E-state index is 12.8. The maximum absolute atomic E-state index is 12.8. The van der Waals surface area contributed by atoms with Crippen molar-refractivity contribution in [3.8, 4) is 0 Å². The summed E-state index contributed by atoms with van der Waals surface area (Å²) in [6, 6.07) is 2.45. The summed E-state index contributed by atoms with van der Waals surface area (Å²) in [4.78, 5) is 26.1. The largest absolute Gasteiger partial charge is 0.406 e. The van der Waals surface area contributed by atoms with Crippen molar-refractivity contribution in [1.29, 1.82) is 0 Å². The molecule has 2 aliphatic rings. The first-order valence-electron chi connectivity index (χ1n) is 8.49. The predicted molar refractivity (Wildman–Crippen MR) is 86.6 cm³/mol. The van der Waals surface area contributed by atoms with Gasteiger partial charge in [-0.15, -0.1) is 0 Å². The molecule has 0 saturated carbocycles. The zero-order chi connectivity index (χ0) is 18.4. The van der Waals surface area contributed by atoms with E-state index in [1.54, 1.807) is 10.6 Å². The lowest BCUT2D eigenvalue weighted by Gasteiger charge is -2.37. The number of halogens is 3. The van der Waals surface area contributed by atoms with E-state index in [0.717, 1.165) is 25.2 Å². The average molecular weight is 357 g/mol. The summed E-state index contributed by atoms with van der Waals surface area (Å²) in [5.41, 5.74) is 0.193. The number of piperidine rings is 1. The normalized spacial score (nSPS) is 22.6. The second kappa shape index (κ2) is 6.48. The van der Waals surface area contributed by atoms with E-state index >= 15 is 0 Å². The van der Waals surface area contributed by atoms with Crippen molar-refractivity contribution < 1.29 is 18.0 Å². The van der Waals surface area contributed by atoms with Crippen LogP contribution in [0.15, 0.2) is 16.9 Å². The Labute approximate surface area is 143 Å². The summed E-state index contributed by atoms with van der Waals surface area (Å²) >= 11 is 0. The number of nitrogens with zero attached hydrogens (tertiary/aromatic N) is 2. The number of rotatable bonds is 3. The molecular weight excluding hydrogens is 335 g/mol. The lowest BCUT2D eigenvalue weighted by molar-refractivity contribution is -0.143. The van der Waals surface area contributed by atoms with Gasteiger partial charge < -0.3 is 14.8 Å². The van der Waals surface area contributed by atoms with Crippen LogP contribution < -0.4 is 10.9 Å². The first kappa shape index (κ1) is 18.0. The van der Waals surface area contributed by atoms with Gasteiger partial charge in [0, 0.05) is 30.7 Å². The van der Waals surface area contributed by atoms with E-state index in [2.05, 4.69) is 5.32 Å². The van der Waals surface area contributed by atoms with Crippen molar-refractivity contribution in [2.45, 2.75) is 44.9 Å². The highest BCUT2D eigenvalue weighted by Crippen LogP contribution is 2.32. The Morgan fingerprint density at radius 3 is 2.72 bits per heavy atom. The molecule has 0 aliphatic carbocycles. The van der Waals surface area contributed by atoms with E-state index in [4.69, 9.17) is 0 Å². The second-order valence-electron chi connectivity index (χ2n) is 7.19. The van der Waals surface area contributed by atoms with Crippen molar-refractivity contribution in [3.63, 3.8) is 0 Å². The molecule has 8 heteroatoms. The number of amides is 1. The van der Waals surface area contributed by atoms with Crippen LogP contribution in [-0.4, -0.2) is 47.2 Å². The van der Waals surface area contributed by atoms with Crippen molar-refractivity contribution in [2.75, 3.05) is 19.6 Å². The molecule has 0 aromatic carbocycles. The molecule has 0 radical (unpaired) electrons. The lowest BCUT2D eigenvalue weighted by Crippen LogP contribution is -2.48. The van der Waals surface area contributed by atoms with Gasteiger partial charge in [0.2, 0.25) is 0 Å². The number of nitrogens with one attached hydrogen (secondary N) is 1. The van der Waals surface area contributed by atoms with Crippen LogP contribution in [0.1, 0.15) is 42.2 Å². The van der Waals surface area contributed by atoms with Crippen LogP contribution in [0.5, 0.6) is 0 Å². The van der Waals surface area contributed by atoms with Gasteiger partial charge in [-0.05, 0) is 44.9 Å². The summed E-state index contributed by atoms with van der Waals surface area (Å²) in [5, 5.41) is 3.33. The first-order valence-corrected chi connectivity index (χ1v) is 8.49. The molecule has 2 atom stereocenters. The summed E-state index contributed by atoms with van der Waals surface area (Å²) in [7, 11) is 0. The molecule has 5 nitrogen and oxygen atoms in total. The Kier molecular flexibility index (Phi) is 4.66. The highest BCUT2D eigenvalue weighted by molar-refractivity contribution is 5.94. The third kappa shape index (κ3) is 3.58. The fourth-order valence-electron chi connectivity index (χ4n) is 3.79. The summed E-state index contributed by atoms with van der Waals surface area (Å²) < 4.78 is 39.9. The van der Waals surface area contributed by atoms with Gasteiger partial charge >= 0.3 is 6.18 Å². The minimum absolute atomic E-state index is 0.186. The van der Waals surface area contributed by atoms with Crippen LogP contribution in [0.25, 0.3) is 0 Å². The fourth-order valence-corrected chi connectivity index (χ4v) is 3.79. The molecule has 1 aromatic heterocycles. The van der Waals surface area contributed by atoms with Crippen molar-refractivity contribution >= 4 is 5.91 Å². The zero-order valence-corrected chi connectivity index (χ0v) is 14.3. The SMILES string of the molecule is CC(C)N(CC(F)(F)F)C(=O)c1ccc2n(c1=O)C[C@@H]1CNC[C@H]2C1. The Morgan fingerprint density at radius 2 is 2.08 bits per heavy atom. The third-order valence-corrected chi connectivity index (χ3v) is 4.97. The minimum Gasteiger partial charge on any atom is -0.327 e. The number of pyridine rings is 1. The van der Waals surface area contributed by atoms with Crippen LogP contribution in [0.4, 0.5) is 13.2 Å². The van der Waals surface area contributed by atoms with Crippen molar-refractivity contribution in [1.82, 2.24) is 14.8 Å². The van der Waals surface area contributed by atoms with E-state index in [1.165, 1.54) is 19.9 Å². The molecule has 1 fully saturated rings. The summed E-state index contributed by atoms with van der Waals surface area (Å²) in [5.74, 6) is -0.340. The number of hydrogen-bond donors (Lipinski definition) is 1. The molecule has 3 heterocycles. The van der Waals surface area contributed by atoms with Crippen molar-refractivity contribution in [3.05, 3.63) is 33.7 Å². The number of aromatic nitrogens is 1. The number of carbonyl (C=O) groups is 1. The standard InChI is InChI=1S/C17H22F3N3O2/c1-10(2)23(9-17(18,19)20)16(25)13-3-4-14-12-5-11(6-21-7-12)8-22(14)15(13)24/h3-4,10-12,21H,5-9H2,1-2H3/t11-,12+/m0/s1. The topological polar surface area (TPSA) is 54.3 Å². The van der Waals surface area contributed by atoms with Crippen LogP contribution >= 0.6 is 0 Å². The molecule has 2 bridgehead atoms. The number of carbonyl (C=O) groups excluding carboxylic acids is 1. The molecular formula is C17H22F3N3O2. The smallest absolute Gasteiger partial charge is 0.327 e. The first-order chi connectivity index (χ1) is 11.7. The van der Waals surface area contributed by atoms with Gasteiger partial charge in [-0.2, -0.15) is 13.2 Å². The second-order valence-corrected chi connectivity index (χ2v) is 7.19. The van der Waals surface area contributed by atoms with Crippen LogP contribution in [0, 0.1) is 5.92 Å². The van der Waals surface area contributed by atoms with Gasteiger partial charge in [0.15, 0.2) is 0 Å². The average Bonchev–Trinajstić information content (AvgIpc) is 2.52. The molecule has 0 spiro atoms. The van der Waals surface area contributed by atoms with E-state index in [1.807, 2.05) is 0 Å². The van der Waals surface area contributed by atoms with Gasteiger partial charge in [-0.25, -0.2) is 0 Å². The summed E-state index contributed by atoms with van der Waals surface area (Å²) in [6.07, 6.45) is -3.51. The molecule has 1 saturated heterocycles. The van der Waals surface area contributed by atoms with Gasteiger partial charge in [0.1, 0.15) is 12.1 Å². The molecule has 1 aromatic rings. The molecule has 1 N–H and O–H groups in total. The summed E-state index contributed by atoms with van der Waals surface area (Å²) in [6.45, 7) is 3.74.